The van der Waals surface area contributed by atoms with Gasteiger partial charge in [-0.05, 0) is 49.1 Å². The number of nitrogens with two attached hydrogens (primary N) is 1. The van der Waals surface area contributed by atoms with Crippen LogP contribution in [0, 0.1) is 0 Å². The van der Waals surface area contributed by atoms with Crippen molar-refractivity contribution >= 4 is 5.69 Å². The van der Waals surface area contributed by atoms with Crippen LogP contribution in [0.25, 0.3) is 0 Å². The maximum Gasteiger partial charge on any atom is 0.0317 e. The molecule has 0 fully saturated rings. The highest BCUT2D eigenvalue weighted by molar-refractivity contribution is 5.48. The van der Waals surface area contributed by atoms with Gasteiger partial charge in [0.15, 0.2) is 0 Å². The van der Waals surface area contributed by atoms with E-state index in [4.69, 9.17) is 5.73 Å². The van der Waals surface area contributed by atoms with Gasteiger partial charge in [0.1, 0.15) is 0 Å². The van der Waals surface area contributed by atoms with Crippen LogP contribution in [0.3, 0.4) is 0 Å². The van der Waals surface area contributed by atoms with Crippen LogP contribution in [0.2, 0.25) is 0 Å². The van der Waals surface area contributed by atoms with E-state index in [-0.39, 0.29) is 0 Å². The van der Waals surface area contributed by atoms with Crippen LogP contribution in [-0.4, -0.2) is 13.6 Å². The SMILES string of the molecule is CNCC1CCc2ccc(N)cc21. The first-order chi connectivity index (χ1) is 6.31. The Kier molecular flexibility index (Phi) is 2.23. The van der Waals surface area contributed by atoms with Gasteiger partial charge in [0.05, 0.1) is 0 Å². The zero-order valence-electron chi connectivity index (χ0n) is 8.01. The molecule has 0 saturated heterocycles. The summed E-state index contributed by atoms with van der Waals surface area (Å²) in [6.45, 7) is 1.07. The Morgan fingerprint density at radius 3 is 3.15 bits per heavy atom. The highest BCUT2D eigenvalue weighted by atomic mass is 14.8. The van der Waals surface area contributed by atoms with E-state index in [0.717, 1.165) is 12.2 Å². The third kappa shape index (κ3) is 1.54. The van der Waals surface area contributed by atoms with E-state index < -0.39 is 0 Å². The Hall–Kier alpha value is -1.02. The maximum absolute atomic E-state index is 5.77. The lowest BCUT2D eigenvalue weighted by Gasteiger charge is -2.10. The number of hydrogen-bond donors (Lipinski definition) is 2. The van der Waals surface area contributed by atoms with Crippen molar-refractivity contribution < 1.29 is 0 Å². The van der Waals surface area contributed by atoms with Gasteiger partial charge in [0.2, 0.25) is 0 Å². The van der Waals surface area contributed by atoms with Gasteiger partial charge in [-0.2, -0.15) is 0 Å². The second-order valence-corrected chi connectivity index (χ2v) is 3.75. The average molecular weight is 176 g/mol. The molecule has 3 N–H and O–H groups in total. The lowest BCUT2D eigenvalue weighted by molar-refractivity contribution is 0.623. The molecule has 0 spiro atoms. The number of aryl methyl sites for hydroxylation is 1. The summed E-state index contributed by atoms with van der Waals surface area (Å²) in [5.74, 6) is 0.670. The molecular formula is C11H16N2. The molecule has 0 bridgehead atoms. The number of nitrogens with one attached hydrogen (secondary N) is 1. The molecule has 0 radical (unpaired) electrons. The van der Waals surface area contributed by atoms with E-state index in [2.05, 4.69) is 17.4 Å². The highest BCUT2D eigenvalue weighted by Gasteiger charge is 2.21. The number of hydrogen-bond acceptors (Lipinski definition) is 2. The summed E-state index contributed by atoms with van der Waals surface area (Å²) < 4.78 is 0. The predicted octanol–water partition coefficient (Wildman–Crippen LogP) is 1.52. The van der Waals surface area contributed by atoms with E-state index in [1.54, 1.807) is 0 Å². The van der Waals surface area contributed by atoms with E-state index in [1.165, 1.54) is 24.0 Å². The van der Waals surface area contributed by atoms with Gasteiger partial charge in [-0.1, -0.05) is 6.07 Å². The van der Waals surface area contributed by atoms with E-state index in [0.29, 0.717) is 5.92 Å². The first kappa shape index (κ1) is 8.57. The number of anilines is 1. The molecule has 13 heavy (non-hydrogen) atoms. The summed E-state index contributed by atoms with van der Waals surface area (Å²) in [6, 6.07) is 6.30. The Balaban J connectivity index is 2.29. The normalized spacial score (nSPS) is 20.2. The van der Waals surface area contributed by atoms with Gasteiger partial charge >= 0.3 is 0 Å². The number of benzene rings is 1. The van der Waals surface area contributed by atoms with Crippen LogP contribution in [-0.2, 0) is 6.42 Å². The molecule has 1 unspecified atom stereocenters. The zero-order valence-corrected chi connectivity index (χ0v) is 8.01. The molecule has 1 aromatic rings. The number of nitrogen functional groups attached to an aromatic ring is 1. The summed E-state index contributed by atoms with van der Waals surface area (Å²) in [4.78, 5) is 0. The van der Waals surface area contributed by atoms with Crippen molar-refractivity contribution in [3.63, 3.8) is 0 Å². The first-order valence-electron chi connectivity index (χ1n) is 4.84. The fraction of sp³-hybridized carbons (Fsp3) is 0.455. The van der Waals surface area contributed by atoms with Crippen molar-refractivity contribution in [2.24, 2.45) is 0 Å². The molecule has 0 aliphatic heterocycles. The molecular weight excluding hydrogens is 160 g/mol. The summed E-state index contributed by atoms with van der Waals surface area (Å²) >= 11 is 0. The minimum atomic E-state index is 0.670. The summed E-state index contributed by atoms with van der Waals surface area (Å²) in [5.41, 5.74) is 9.59. The molecule has 1 atom stereocenters. The van der Waals surface area contributed by atoms with Gasteiger partial charge in [-0.15, -0.1) is 0 Å². The summed E-state index contributed by atoms with van der Waals surface area (Å²) in [5, 5.41) is 3.23. The molecule has 0 saturated carbocycles. The molecule has 70 valence electrons. The minimum absolute atomic E-state index is 0.670. The fourth-order valence-electron chi connectivity index (χ4n) is 2.16. The third-order valence-corrected chi connectivity index (χ3v) is 2.82. The third-order valence-electron chi connectivity index (χ3n) is 2.82. The van der Waals surface area contributed by atoms with Crippen molar-refractivity contribution in [3.05, 3.63) is 29.3 Å². The molecule has 1 aliphatic carbocycles. The van der Waals surface area contributed by atoms with Gasteiger partial charge in [0.25, 0.3) is 0 Å². The molecule has 1 aliphatic rings. The van der Waals surface area contributed by atoms with Crippen LogP contribution >= 0.6 is 0 Å². The molecule has 2 heteroatoms. The second-order valence-electron chi connectivity index (χ2n) is 3.75. The minimum Gasteiger partial charge on any atom is -0.399 e. The summed E-state index contributed by atoms with van der Waals surface area (Å²) in [6.07, 6.45) is 2.47. The van der Waals surface area contributed by atoms with Crippen molar-refractivity contribution in [2.45, 2.75) is 18.8 Å². The number of fused-ring (bicyclic) bond motifs is 1. The van der Waals surface area contributed by atoms with Crippen molar-refractivity contribution in [1.82, 2.24) is 5.32 Å². The maximum atomic E-state index is 5.77. The van der Waals surface area contributed by atoms with Crippen molar-refractivity contribution in [1.29, 1.82) is 0 Å². The van der Waals surface area contributed by atoms with Crippen LogP contribution in [0.5, 0.6) is 0 Å². The van der Waals surface area contributed by atoms with Gasteiger partial charge in [-0.3, -0.25) is 0 Å². The number of likely N-dealkylation sites (N-methyl/N-ethyl adjacent to an activating group) is 1. The Morgan fingerprint density at radius 2 is 2.38 bits per heavy atom. The van der Waals surface area contributed by atoms with Crippen LogP contribution in [0.15, 0.2) is 18.2 Å². The first-order valence-corrected chi connectivity index (χ1v) is 4.84. The lowest BCUT2D eigenvalue weighted by atomic mass is 10.0. The fourth-order valence-corrected chi connectivity index (χ4v) is 2.16. The van der Waals surface area contributed by atoms with Gasteiger partial charge in [-0.25, -0.2) is 0 Å². The van der Waals surface area contributed by atoms with E-state index >= 15 is 0 Å². The largest absolute Gasteiger partial charge is 0.399 e. The molecule has 1 aromatic carbocycles. The summed E-state index contributed by atoms with van der Waals surface area (Å²) in [7, 11) is 2.00. The quantitative estimate of drug-likeness (QED) is 0.670. The standard InChI is InChI=1S/C11H16N2/c1-13-7-9-3-2-8-4-5-10(12)6-11(8)9/h4-6,9,13H,2-3,7,12H2,1H3. The molecule has 0 amide bonds. The van der Waals surface area contributed by atoms with Gasteiger partial charge < -0.3 is 11.1 Å². The van der Waals surface area contributed by atoms with E-state index in [9.17, 15) is 0 Å². The topological polar surface area (TPSA) is 38.0 Å². The smallest absolute Gasteiger partial charge is 0.0317 e. The lowest BCUT2D eigenvalue weighted by Crippen LogP contribution is -2.15. The molecule has 2 rings (SSSR count). The Labute approximate surface area is 79.1 Å². The van der Waals surface area contributed by atoms with Crippen LogP contribution < -0.4 is 11.1 Å². The second kappa shape index (κ2) is 3.38. The van der Waals surface area contributed by atoms with Gasteiger partial charge in [0, 0.05) is 12.2 Å². The molecule has 0 heterocycles. The van der Waals surface area contributed by atoms with E-state index in [1.807, 2.05) is 13.1 Å². The molecule has 0 aromatic heterocycles. The monoisotopic (exact) mass is 176 g/mol. The van der Waals surface area contributed by atoms with Crippen LogP contribution in [0.4, 0.5) is 5.69 Å². The van der Waals surface area contributed by atoms with Crippen molar-refractivity contribution in [2.75, 3.05) is 19.3 Å². The van der Waals surface area contributed by atoms with Crippen molar-refractivity contribution in [3.8, 4) is 0 Å². The average Bonchev–Trinajstić information content (AvgIpc) is 2.49. The number of rotatable bonds is 2. The zero-order chi connectivity index (χ0) is 9.26. The van der Waals surface area contributed by atoms with Crippen LogP contribution in [0.1, 0.15) is 23.5 Å². The predicted molar refractivity (Wildman–Crippen MR) is 55.8 cm³/mol. The highest BCUT2D eigenvalue weighted by Crippen LogP contribution is 2.33. The molecule has 2 nitrogen and oxygen atoms in total. The Morgan fingerprint density at radius 1 is 1.54 bits per heavy atom. The Bertz CT molecular complexity index is 305.